The standard InChI is InChI=1S/C21H30ClNO3/c1-12(24)21(26)17(22)11-16-14-5-4-13-10-18(25)23-9-8-19(13,2)15(14)6-7-20(16,21)3/h10,14-17,26H,4-9,11H2,1-3H3,(H,23,25). The first-order chi connectivity index (χ1) is 12.1. The van der Waals surface area contributed by atoms with Crippen molar-refractivity contribution in [3.05, 3.63) is 11.6 Å². The summed E-state index contributed by atoms with van der Waals surface area (Å²) in [6.07, 6.45) is 7.28. The fourth-order valence-corrected chi connectivity index (χ4v) is 7.76. The second-order valence-corrected chi connectivity index (χ2v) is 10.1. The van der Waals surface area contributed by atoms with Crippen molar-refractivity contribution < 1.29 is 14.7 Å². The minimum Gasteiger partial charge on any atom is -0.380 e. The molecule has 1 heterocycles. The lowest BCUT2D eigenvalue weighted by Gasteiger charge is -2.58. The Kier molecular flexibility index (Phi) is 4.13. The Morgan fingerprint density at radius 3 is 2.69 bits per heavy atom. The molecular formula is C21H30ClNO3. The summed E-state index contributed by atoms with van der Waals surface area (Å²) in [4.78, 5) is 24.4. The van der Waals surface area contributed by atoms with Crippen LogP contribution in [0.15, 0.2) is 11.6 Å². The molecule has 3 fully saturated rings. The van der Waals surface area contributed by atoms with E-state index in [9.17, 15) is 14.7 Å². The fraction of sp³-hybridized carbons (Fsp3) is 0.810. The molecule has 2 N–H and O–H groups in total. The van der Waals surface area contributed by atoms with E-state index < -0.39 is 16.4 Å². The van der Waals surface area contributed by atoms with Gasteiger partial charge in [0.05, 0.1) is 5.38 Å². The molecule has 144 valence electrons. The molecule has 3 saturated carbocycles. The Balaban J connectivity index is 1.72. The number of rotatable bonds is 1. The monoisotopic (exact) mass is 379 g/mol. The van der Waals surface area contributed by atoms with Gasteiger partial charge in [0.2, 0.25) is 5.91 Å². The van der Waals surface area contributed by atoms with Gasteiger partial charge in [0, 0.05) is 18.0 Å². The minimum atomic E-state index is -1.41. The van der Waals surface area contributed by atoms with Crippen LogP contribution in [-0.2, 0) is 9.59 Å². The maximum Gasteiger partial charge on any atom is 0.243 e. The van der Waals surface area contributed by atoms with Gasteiger partial charge in [-0.25, -0.2) is 0 Å². The average molecular weight is 380 g/mol. The van der Waals surface area contributed by atoms with Crippen molar-refractivity contribution in [3.63, 3.8) is 0 Å². The van der Waals surface area contributed by atoms with Gasteiger partial charge in [0.25, 0.3) is 0 Å². The number of hydrogen-bond donors (Lipinski definition) is 2. The molecule has 1 amide bonds. The number of alkyl halides is 1. The van der Waals surface area contributed by atoms with E-state index in [0.717, 1.165) is 38.6 Å². The van der Waals surface area contributed by atoms with Crippen LogP contribution in [0.4, 0.5) is 0 Å². The SMILES string of the molecule is CC(=O)C1(O)C(Cl)CC2C3CCC4=CC(=O)NCCC4(C)C3CCC21C. The van der Waals surface area contributed by atoms with Crippen LogP contribution in [0.25, 0.3) is 0 Å². The highest BCUT2D eigenvalue weighted by atomic mass is 35.5. The number of amides is 1. The van der Waals surface area contributed by atoms with E-state index >= 15 is 0 Å². The van der Waals surface area contributed by atoms with Crippen molar-refractivity contribution in [2.24, 2.45) is 28.6 Å². The van der Waals surface area contributed by atoms with E-state index in [-0.39, 0.29) is 23.0 Å². The van der Waals surface area contributed by atoms with E-state index in [1.165, 1.54) is 12.5 Å². The predicted molar refractivity (Wildman–Crippen MR) is 101 cm³/mol. The first-order valence-electron chi connectivity index (χ1n) is 10.0. The number of carbonyl (C=O) groups excluding carboxylic acids is 2. The smallest absolute Gasteiger partial charge is 0.243 e. The molecule has 4 nitrogen and oxygen atoms in total. The number of carbonyl (C=O) groups is 2. The van der Waals surface area contributed by atoms with E-state index in [1.807, 2.05) is 6.08 Å². The lowest BCUT2D eigenvalue weighted by molar-refractivity contribution is -0.159. The highest BCUT2D eigenvalue weighted by Gasteiger charge is 2.68. The molecule has 0 saturated heterocycles. The van der Waals surface area contributed by atoms with Crippen LogP contribution >= 0.6 is 11.6 Å². The van der Waals surface area contributed by atoms with E-state index in [4.69, 9.17) is 11.6 Å². The highest BCUT2D eigenvalue weighted by molar-refractivity contribution is 6.24. The molecule has 0 radical (unpaired) electrons. The fourth-order valence-electron chi connectivity index (χ4n) is 7.17. The number of halogens is 1. The molecule has 7 unspecified atom stereocenters. The first kappa shape index (κ1) is 18.5. The Morgan fingerprint density at radius 2 is 2.00 bits per heavy atom. The number of Topliss-reactive ketones (excluding diaryl/α,β-unsaturated/α-hetero) is 1. The molecule has 0 aromatic carbocycles. The van der Waals surface area contributed by atoms with Gasteiger partial charge in [0.1, 0.15) is 5.60 Å². The summed E-state index contributed by atoms with van der Waals surface area (Å²) in [7, 11) is 0. The molecule has 1 aliphatic heterocycles. The maximum absolute atomic E-state index is 12.4. The van der Waals surface area contributed by atoms with Crippen molar-refractivity contribution in [3.8, 4) is 0 Å². The minimum absolute atomic E-state index is 0.0299. The number of allylic oxidation sites excluding steroid dienone is 1. The van der Waals surface area contributed by atoms with E-state index in [1.54, 1.807) is 0 Å². The van der Waals surface area contributed by atoms with Gasteiger partial charge in [-0.15, -0.1) is 11.6 Å². The Labute approximate surface area is 160 Å². The second-order valence-electron chi connectivity index (χ2n) is 9.53. The number of nitrogens with one attached hydrogen (secondary N) is 1. The van der Waals surface area contributed by atoms with Crippen LogP contribution in [0.5, 0.6) is 0 Å². The summed E-state index contributed by atoms with van der Waals surface area (Å²) >= 11 is 6.59. The molecule has 0 spiro atoms. The zero-order valence-electron chi connectivity index (χ0n) is 16.0. The summed E-state index contributed by atoms with van der Waals surface area (Å²) in [5.74, 6) is 1.07. The van der Waals surface area contributed by atoms with Crippen LogP contribution in [0.2, 0.25) is 0 Å². The normalized spacial score (nSPS) is 50.7. The first-order valence-corrected chi connectivity index (χ1v) is 10.4. The van der Waals surface area contributed by atoms with Crippen molar-refractivity contribution in [1.82, 2.24) is 5.32 Å². The van der Waals surface area contributed by atoms with Crippen molar-refractivity contribution in [2.45, 2.75) is 70.3 Å². The summed E-state index contributed by atoms with van der Waals surface area (Å²) in [6, 6.07) is 0. The Morgan fingerprint density at radius 1 is 1.27 bits per heavy atom. The molecule has 3 aliphatic carbocycles. The van der Waals surface area contributed by atoms with Crippen molar-refractivity contribution >= 4 is 23.3 Å². The number of hydrogen-bond acceptors (Lipinski definition) is 3. The van der Waals surface area contributed by atoms with Gasteiger partial charge in [-0.1, -0.05) is 19.4 Å². The zero-order valence-corrected chi connectivity index (χ0v) is 16.7. The molecule has 4 aliphatic rings. The molecule has 26 heavy (non-hydrogen) atoms. The third-order valence-electron chi connectivity index (χ3n) is 8.70. The predicted octanol–water partition coefficient (Wildman–Crippen LogP) is 3.21. The van der Waals surface area contributed by atoms with Crippen LogP contribution in [0.3, 0.4) is 0 Å². The lowest BCUT2D eigenvalue weighted by Crippen LogP contribution is -2.58. The van der Waals surface area contributed by atoms with Gasteiger partial charge in [-0.2, -0.15) is 0 Å². The largest absolute Gasteiger partial charge is 0.380 e. The molecule has 0 aromatic rings. The Hall–Kier alpha value is -0.870. The summed E-state index contributed by atoms with van der Waals surface area (Å²) < 4.78 is 0. The van der Waals surface area contributed by atoms with Gasteiger partial charge in [-0.3, -0.25) is 9.59 Å². The van der Waals surface area contributed by atoms with Gasteiger partial charge in [-0.05, 0) is 68.6 Å². The quantitative estimate of drug-likeness (QED) is 0.687. The highest BCUT2D eigenvalue weighted by Crippen LogP contribution is 2.67. The number of ketones is 1. The molecule has 4 rings (SSSR count). The lowest BCUT2D eigenvalue weighted by atomic mass is 9.47. The van der Waals surface area contributed by atoms with Crippen molar-refractivity contribution in [2.75, 3.05) is 6.54 Å². The molecule has 5 heteroatoms. The Bertz CT molecular complexity index is 691. The molecule has 7 atom stereocenters. The summed E-state index contributed by atoms with van der Waals surface area (Å²) in [5, 5.41) is 13.8. The third-order valence-corrected chi connectivity index (χ3v) is 9.19. The summed E-state index contributed by atoms with van der Waals surface area (Å²) in [6.45, 7) is 6.61. The van der Waals surface area contributed by atoms with Crippen molar-refractivity contribution in [1.29, 1.82) is 0 Å². The van der Waals surface area contributed by atoms with Crippen LogP contribution in [0, 0.1) is 28.6 Å². The van der Waals surface area contributed by atoms with E-state index in [0.29, 0.717) is 18.3 Å². The van der Waals surface area contributed by atoms with Gasteiger partial charge >= 0.3 is 0 Å². The van der Waals surface area contributed by atoms with E-state index in [2.05, 4.69) is 19.2 Å². The summed E-state index contributed by atoms with van der Waals surface area (Å²) in [5.41, 5.74) is -0.535. The second kappa shape index (κ2) is 5.81. The third kappa shape index (κ3) is 2.18. The molecule has 0 aromatic heterocycles. The van der Waals surface area contributed by atoms with Gasteiger partial charge in [0.15, 0.2) is 5.78 Å². The number of aliphatic hydroxyl groups is 1. The van der Waals surface area contributed by atoms with Crippen LogP contribution < -0.4 is 5.32 Å². The van der Waals surface area contributed by atoms with Crippen LogP contribution in [0.1, 0.15) is 59.3 Å². The number of fused-ring (bicyclic) bond motifs is 5. The molecule has 0 bridgehead atoms. The topological polar surface area (TPSA) is 66.4 Å². The maximum atomic E-state index is 12.4. The zero-order chi connectivity index (χ0) is 18.9. The van der Waals surface area contributed by atoms with Gasteiger partial charge < -0.3 is 10.4 Å². The average Bonchev–Trinajstić information content (AvgIpc) is 2.69. The van der Waals surface area contributed by atoms with Crippen LogP contribution in [-0.4, -0.2) is 34.3 Å². The molecular weight excluding hydrogens is 350 g/mol.